The van der Waals surface area contributed by atoms with Gasteiger partial charge in [0.15, 0.2) is 6.61 Å². The topological polar surface area (TPSA) is 61.9 Å². The normalized spacial score (nSPS) is 16.7. The molecular weight excluding hydrogens is 366 g/mol. The number of hydrogen-bond acceptors (Lipinski definition) is 5. The first-order chi connectivity index (χ1) is 14.1. The lowest BCUT2D eigenvalue weighted by Gasteiger charge is -2.35. The number of anilines is 2. The predicted molar refractivity (Wildman–Crippen MR) is 114 cm³/mol. The minimum absolute atomic E-state index is 0.0456. The fraction of sp³-hybridized carbons (Fsp3) is 0.391. The fourth-order valence-electron chi connectivity index (χ4n) is 3.81. The van der Waals surface area contributed by atoms with Gasteiger partial charge in [-0.1, -0.05) is 23.8 Å². The molecule has 6 heteroatoms. The van der Waals surface area contributed by atoms with Crippen molar-refractivity contribution in [2.45, 2.75) is 19.8 Å². The lowest BCUT2D eigenvalue weighted by atomic mass is 10.1. The van der Waals surface area contributed by atoms with Gasteiger partial charge < -0.3 is 15.0 Å². The summed E-state index contributed by atoms with van der Waals surface area (Å²) in [6.07, 6.45) is 1.20. The van der Waals surface area contributed by atoms with Gasteiger partial charge in [0.2, 0.25) is 0 Å². The molecule has 0 atom stereocenters. The van der Waals surface area contributed by atoms with E-state index < -0.39 is 0 Å². The zero-order valence-electron chi connectivity index (χ0n) is 16.8. The number of ether oxygens (including phenoxy) is 1. The van der Waals surface area contributed by atoms with Gasteiger partial charge in [-0.25, -0.2) is 0 Å². The van der Waals surface area contributed by atoms with Crippen molar-refractivity contribution in [2.75, 3.05) is 49.5 Å². The first kappa shape index (κ1) is 19.5. The zero-order chi connectivity index (χ0) is 20.2. The molecule has 0 unspecified atom stereocenters. The van der Waals surface area contributed by atoms with Gasteiger partial charge in [0.05, 0.1) is 12.2 Å². The lowest BCUT2D eigenvalue weighted by molar-refractivity contribution is -0.120. The van der Waals surface area contributed by atoms with E-state index in [1.165, 1.54) is 11.3 Å². The largest absolute Gasteiger partial charge is 0.482 e. The van der Waals surface area contributed by atoms with Crippen LogP contribution in [0.3, 0.4) is 0 Å². The molecule has 2 aliphatic rings. The molecule has 0 saturated carbocycles. The summed E-state index contributed by atoms with van der Waals surface area (Å²) < 4.78 is 5.45. The zero-order valence-corrected chi connectivity index (χ0v) is 16.8. The molecule has 6 nitrogen and oxygen atoms in total. The van der Waals surface area contributed by atoms with Crippen molar-refractivity contribution in [1.82, 2.24) is 4.90 Å². The summed E-state index contributed by atoms with van der Waals surface area (Å²) in [5.41, 5.74) is 4.28. The number of carbonyl (C=O) groups is 2. The molecule has 2 aromatic rings. The predicted octanol–water partition coefficient (Wildman–Crippen LogP) is 2.65. The first-order valence-corrected chi connectivity index (χ1v) is 10.2. The van der Waals surface area contributed by atoms with E-state index in [0.717, 1.165) is 31.7 Å². The highest BCUT2D eigenvalue weighted by atomic mass is 16.5. The number of rotatable bonds is 6. The number of piperazine rings is 1. The SMILES string of the molecule is Cc1ccc(N2CCN(CC(=O)CCc3ccc4c(c3)OCC(=O)N4)CC2)cc1. The Labute approximate surface area is 171 Å². The number of nitrogens with zero attached hydrogens (tertiary/aromatic N) is 2. The van der Waals surface area contributed by atoms with Crippen LogP contribution in [0.2, 0.25) is 0 Å². The van der Waals surface area contributed by atoms with Crippen molar-refractivity contribution in [3.63, 3.8) is 0 Å². The average molecular weight is 393 g/mol. The second-order valence-corrected chi connectivity index (χ2v) is 7.80. The first-order valence-electron chi connectivity index (χ1n) is 10.2. The molecule has 152 valence electrons. The van der Waals surface area contributed by atoms with E-state index in [4.69, 9.17) is 4.74 Å². The van der Waals surface area contributed by atoms with Crippen LogP contribution >= 0.6 is 0 Å². The second-order valence-electron chi connectivity index (χ2n) is 7.80. The van der Waals surface area contributed by atoms with E-state index >= 15 is 0 Å². The molecule has 1 fully saturated rings. The Bertz CT molecular complexity index is 887. The van der Waals surface area contributed by atoms with Crippen molar-refractivity contribution in [2.24, 2.45) is 0 Å². The smallest absolute Gasteiger partial charge is 0.262 e. The maximum atomic E-state index is 12.5. The van der Waals surface area contributed by atoms with Gasteiger partial charge in [0.1, 0.15) is 11.5 Å². The molecule has 1 amide bonds. The van der Waals surface area contributed by atoms with E-state index in [9.17, 15) is 9.59 Å². The van der Waals surface area contributed by atoms with E-state index in [0.29, 0.717) is 30.8 Å². The van der Waals surface area contributed by atoms with Crippen LogP contribution in [-0.4, -0.2) is 55.9 Å². The standard InChI is InChI=1S/C23H27N3O3/c1-17-2-6-19(7-3-17)26-12-10-25(11-13-26)15-20(27)8-4-18-5-9-21-22(14-18)29-16-23(28)24-21/h2-3,5-7,9,14H,4,8,10-13,15-16H2,1H3,(H,24,28). The maximum Gasteiger partial charge on any atom is 0.262 e. The third kappa shape index (κ3) is 4.95. The fourth-order valence-corrected chi connectivity index (χ4v) is 3.81. The molecule has 4 rings (SSSR count). The van der Waals surface area contributed by atoms with Gasteiger partial charge in [0, 0.05) is 38.3 Å². The minimum Gasteiger partial charge on any atom is -0.482 e. The summed E-state index contributed by atoms with van der Waals surface area (Å²) in [5.74, 6) is 0.811. The molecule has 1 saturated heterocycles. The van der Waals surface area contributed by atoms with Crippen molar-refractivity contribution in [3.05, 3.63) is 53.6 Å². The third-order valence-electron chi connectivity index (χ3n) is 5.54. The molecule has 2 aliphatic heterocycles. The Balaban J connectivity index is 1.22. The molecule has 0 spiro atoms. The number of fused-ring (bicyclic) bond motifs is 1. The lowest BCUT2D eigenvalue weighted by Crippen LogP contribution is -2.48. The number of nitrogens with one attached hydrogen (secondary N) is 1. The van der Waals surface area contributed by atoms with E-state index in [1.807, 2.05) is 18.2 Å². The molecule has 0 bridgehead atoms. The Morgan fingerprint density at radius 1 is 1.07 bits per heavy atom. The van der Waals surface area contributed by atoms with Crippen LogP contribution in [0.15, 0.2) is 42.5 Å². The number of ketones is 1. The Kier molecular flexibility index (Phi) is 5.81. The Morgan fingerprint density at radius 2 is 1.83 bits per heavy atom. The highest BCUT2D eigenvalue weighted by Gasteiger charge is 2.20. The third-order valence-corrected chi connectivity index (χ3v) is 5.54. The number of amides is 1. The summed E-state index contributed by atoms with van der Waals surface area (Å²) in [6, 6.07) is 14.3. The summed E-state index contributed by atoms with van der Waals surface area (Å²) in [5, 5.41) is 2.78. The van der Waals surface area contributed by atoms with Crippen LogP contribution in [0.4, 0.5) is 11.4 Å². The van der Waals surface area contributed by atoms with E-state index in [1.54, 1.807) is 0 Å². The Hall–Kier alpha value is -2.86. The molecule has 2 heterocycles. The highest BCUT2D eigenvalue weighted by Crippen LogP contribution is 2.29. The molecular formula is C23H27N3O3. The van der Waals surface area contributed by atoms with E-state index in [2.05, 4.69) is 46.3 Å². The van der Waals surface area contributed by atoms with Crippen LogP contribution in [0, 0.1) is 6.92 Å². The number of Topliss-reactive ketones (excluding diaryl/α,β-unsaturated/α-hetero) is 1. The number of carbonyl (C=O) groups excluding carboxylic acids is 2. The van der Waals surface area contributed by atoms with Gasteiger partial charge in [-0.2, -0.15) is 0 Å². The van der Waals surface area contributed by atoms with Crippen LogP contribution in [0.1, 0.15) is 17.5 Å². The van der Waals surface area contributed by atoms with Gasteiger partial charge in [0.25, 0.3) is 5.91 Å². The highest BCUT2D eigenvalue weighted by molar-refractivity contribution is 5.95. The number of hydrogen-bond donors (Lipinski definition) is 1. The van der Waals surface area contributed by atoms with Gasteiger partial charge in [-0.3, -0.25) is 14.5 Å². The van der Waals surface area contributed by atoms with E-state index in [-0.39, 0.29) is 18.3 Å². The van der Waals surface area contributed by atoms with Crippen molar-refractivity contribution >= 4 is 23.1 Å². The summed E-state index contributed by atoms with van der Waals surface area (Å²) in [4.78, 5) is 28.4. The quantitative estimate of drug-likeness (QED) is 0.818. The monoisotopic (exact) mass is 393 g/mol. The maximum absolute atomic E-state index is 12.5. The van der Waals surface area contributed by atoms with Crippen molar-refractivity contribution in [3.8, 4) is 5.75 Å². The van der Waals surface area contributed by atoms with Crippen LogP contribution in [0.5, 0.6) is 5.75 Å². The summed E-state index contributed by atoms with van der Waals surface area (Å²) in [7, 11) is 0. The summed E-state index contributed by atoms with van der Waals surface area (Å²) >= 11 is 0. The van der Waals surface area contributed by atoms with Crippen LogP contribution < -0.4 is 15.0 Å². The molecule has 0 aliphatic carbocycles. The second kappa shape index (κ2) is 8.66. The Morgan fingerprint density at radius 3 is 2.59 bits per heavy atom. The molecule has 2 aromatic carbocycles. The number of benzene rings is 2. The molecule has 0 aromatic heterocycles. The van der Waals surface area contributed by atoms with Crippen LogP contribution in [0.25, 0.3) is 0 Å². The van der Waals surface area contributed by atoms with Crippen LogP contribution in [-0.2, 0) is 16.0 Å². The number of aryl methyl sites for hydroxylation is 2. The summed E-state index contributed by atoms with van der Waals surface area (Å²) in [6.45, 7) is 6.37. The molecule has 29 heavy (non-hydrogen) atoms. The average Bonchev–Trinajstić information content (AvgIpc) is 2.73. The minimum atomic E-state index is -0.136. The van der Waals surface area contributed by atoms with Crippen molar-refractivity contribution in [1.29, 1.82) is 0 Å². The van der Waals surface area contributed by atoms with Gasteiger partial charge in [-0.05, 0) is 43.2 Å². The van der Waals surface area contributed by atoms with Gasteiger partial charge >= 0.3 is 0 Å². The van der Waals surface area contributed by atoms with Crippen molar-refractivity contribution < 1.29 is 14.3 Å². The van der Waals surface area contributed by atoms with Gasteiger partial charge in [-0.15, -0.1) is 0 Å². The molecule has 0 radical (unpaired) electrons. The molecule has 1 N–H and O–H groups in total.